The van der Waals surface area contributed by atoms with E-state index in [1.54, 1.807) is 6.20 Å². The second-order valence-electron chi connectivity index (χ2n) is 4.15. The lowest BCUT2D eigenvalue weighted by Gasteiger charge is -2.21. The summed E-state index contributed by atoms with van der Waals surface area (Å²) in [6, 6.07) is 0.379. The van der Waals surface area contributed by atoms with Gasteiger partial charge in [-0.2, -0.15) is 5.10 Å². The molecule has 0 aliphatic rings. The minimum atomic E-state index is 0.379. The molecule has 3 nitrogen and oxygen atoms in total. The van der Waals surface area contributed by atoms with Gasteiger partial charge in [-0.25, -0.2) is 0 Å². The Bertz CT molecular complexity index is 283. The fraction of sp³-hybridized carbons (Fsp3) is 0.727. The molecule has 1 N–H and O–H groups in total. The van der Waals surface area contributed by atoms with Gasteiger partial charge >= 0.3 is 0 Å². The minimum absolute atomic E-state index is 0.379. The van der Waals surface area contributed by atoms with Crippen molar-refractivity contribution in [3.05, 3.63) is 17.4 Å². The Morgan fingerprint density at radius 2 is 2.27 bits per heavy atom. The number of nitrogens with one attached hydrogen (secondary N) is 1. The molecule has 0 fully saturated rings. The van der Waals surface area contributed by atoms with Crippen molar-refractivity contribution in [2.24, 2.45) is 5.92 Å². The van der Waals surface area contributed by atoms with Crippen molar-refractivity contribution in [3.63, 3.8) is 0 Å². The average Bonchev–Trinajstić information content (AvgIpc) is 2.59. The van der Waals surface area contributed by atoms with E-state index in [9.17, 15) is 0 Å². The number of halogens is 1. The van der Waals surface area contributed by atoms with Crippen LogP contribution in [0.2, 0.25) is 5.02 Å². The lowest BCUT2D eigenvalue weighted by atomic mass is 10.0. The number of hydrogen-bond acceptors (Lipinski definition) is 2. The predicted octanol–water partition coefficient (Wildman–Crippen LogP) is 2.73. The highest BCUT2D eigenvalue weighted by molar-refractivity contribution is 6.30. The summed E-state index contributed by atoms with van der Waals surface area (Å²) >= 11 is 5.87. The normalized spacial score (nSPS) is 13.4. The lowest BCUT2D eigenvalue weighted by molar-refractivity contribution is 0.330. The molecule has 0 spiro atoms. The Balaban J connectivity index is 2.58. The summed E-state index contributed by atoms with van der Waals surface area (Å²) in [4.78, 5) is 0. The van der Waals surface area contributed by atoms with E-state index in [2.05, 4.69) is 31.2 Å². The van der Waals surface area contributed by atoms with Crippen LogP contribution in [0.25, 0.3) is 0 Å². The zero-order valence-corrected chi connectivity index (χ0v) is 10.5. The lowest BCUT2D eigenvalue weighted by Crippen LogP contribution is -2.29. The van der Waals surface area contributed by atoms with Crippen molar-refractivity contribution in [1.29, 1.82) is 0 Å². The summed E-state index contributed by atoms with van der Waals surface area (Å²) in [5.41, 5.74) is 0. The molecule has 0 aliphatic carbocycles. The molecule has 0 bridgehead atoms. The number of nitrogens with zero attached hydrogens (tertiary/aromatic N) is 2. The van der Waals surface area contributed by atoms with E-state index in [1.165, 1.54) is 0 Å². The minimum Gasteiger partial charge on any atom is -0.315 e. The van der Waals surface area contributed by atoms with Crippen LogP contribution in [0.4, 0.5) is 0 Å². The number of hydrogen-bond donors (Lipinski definition) is 1. The van der Waals surface area contributed by atoms with Gasteiger partial charge in [0.25, 0.3) is 0 Å². The van der Waals surface area contributed by atoms with Gasteiger partial charge in [0.15, 0.2) is 0 Å². The summed E-state index contributed by atoms with van der Waals surface area (Å²) in [5, 5.41) is 8.39. The molecule has 1 heterocycles. The Labute approximate surface area is 96.8 Å². The van der Waals surface area contributed by atoms with E-state index >= 15 is 0 Å². The highest BCUT2D eigenvalue weighted by Gasteiger charge is 2.15. The van der Waals surface area contributed by atoms with Crippen molar-refractivity contribution in [2.45, 2.75) is 33.2 Å². The first-order valence-corrected chi connectivity index (χ1v) is 5.93. The summed E-state index contributed by atoms with van der Waals surface area (Å²) in [6.07, 6.45) is 4.74. The van der Waals surface area contributed by atoms with Crippen molar-refractivity contribution in [2.75, 3.05) is 13.1 Å². The molecule has 1 rings (SSSR count). The van der Waals surface area contributed by atoms with Gasteiger partial charge in [-0.1, -0.05) is 32.4 Å². The maximum Gasteiger partial charge on any atom is 0.0785 e. The molecule has 0 saturated heterocycles. The van der Waals surface area contributed by atoms with Crippen molar-refractivity contribution >= 4 is 11.6 Å². The number of rotatable bonds is 6. The van der Waals surface area contributed by atoms with Gasteiger partial charge in [0.1, 0.15) is 0 Å². The second kappa shape index (κ2) is 6.13. The third kappa shape index (κ3) is 3.84. The van der Waals surface area contributed by atoms with E-state index in [0.717, 1.165) is 19.5 Å². The van der Waals surface area contributed by atoms with Crippen LogP contribution in [-0.4, -0.2) is 22.9 Å². The van der Waals surface area contributed by atoms with Crippen LogP contribution >= 0.6 is 11.6 Å². The molecule has 0 aromatic carbocycles. The Morgan fingerprint density at radius 3 is 2.73 bits per heavy atom. The highest BCUT2D eigenvalue weighted by atomic mass is 35.5. The zero-order chi connectivity index (χ0) is 11.3. The average molecular weight is 230 g/mol. The van der Waals surface area contributed by atoms with Crippen LogP contribution in [0.1, 0.15) is 33.2 Å². The largest absolute Gasteiger partial charge is 0.315 e. The Morgan fingerprint density at radius 1 is 1.53 bits per heavy atom. The summed E-state index contributed by atoms with van der Waals surface area (Å²) in [7, 11) is 0. The standard InChI is InChI=1S/C11H20ClN3/c1-4-5-13-7-11(9(2)3)15-8-10(12)6-14-15/h6,8-9,11,13H,4-5,7H2,1-3H3. The smallest absolute Gasteiger partial charge is 0.0785 e. The van der Waals surface area contributed by atoms with Crippen LogP contribution in [0.5, 0.6) is 0 Å². The molecule has 4 heteroatoms. The quantitative estimate of drug-likeness (QED) is 0.761. The Kier molecular flexibility index (Phi) is 5.12. The van der Waals surface area contributed by atoms with Crippen molar-refractivity contribution in [1.82, 2.24) is 15.1 Å². The van der Waals surface area contributed by atoms with Gasteiger partial charge in [0, 0.05) is 12.7 Å². The molecular weight excluding hydrogens is 210 g/mol. The van der Waals surface area contributed by atoms with Gasteiger partial charge in [-0.3, -0.25) is 4.68 Å². The van der Waals surface area contributed by atoms with Crippen LogP contribution < -0.4 is 5.32 Å². The monoisotopic (exact) mass is 229 g/mol. The fourth-order valence-corrected chi connectivity index (χ4v) is 1.70. The van der Waals surface area contributed by atoms with Crippen LogP contribution in [0.3, 0.4) is 0 Å². The summed E-state index contributed by atoms with van der Waals surface area (Å²) < 4.78 is 1.95. The maximum absolute atomic E-state index is 5.87. The SMILES string of the molecule is CCCNCC(C(C)C)n1cc(Cl)cn1. The van der Waals surface area contributed by atoms with E-state index in [4.69, 9.17) is 11.6 Å². The van der Waals surface area contributed by atoms with Crippen molar-refractivity contribution < 1.29 is 0 Å². The fourth-order valence-electron chi connectivity index (χ4n) is 1.56. The first-order valence-electron chi connectivity index (χ1n) is 5.55. The molecule has 86 valence electrons. The van der Waals surface area contributed by atoms with Gasteiger partial charge < -0.3 is 5.32 Å². The van der Waals surface area contributed by atoms with Crippen LogP contribution in [0, 0.1) is 5.92 Å². The predicted molar refractivity (Wildman–Crippen MR) is 64.3 cm³/mol. The van der Waals surface area contributed by atoms with Gasteiger partial charge in [0.2, 0.25) is 0 Å². The van der Waals surface area contributed by atoms with Gasteiger partial charge in [-0.15, -0.1) is 0 Å². The molecule has 0 amide bonds. The topological polar surface area (TPSA) is 29.9 Å². The molecule has 1 unspecified atom stereocenters. The first kappa shape index (κ1) is 12.5. The molecule has 1 atom stereocenters. The van der Waals surface area contributed by atoms with E-state index in [1.807, 2.05) is 10.9 Å². The molecule has 0 radical (unpaired) electrons. The Hall–Kier alpha value is -0.540. The zero-order valence-electron chi connectivity index (χ0n) is 9.70. The van der Waals surface area contributed by atoms with Crippen LogP contribution in [-0.2, 0) is 0 Å². The number of aromatic nitrogens is 2. The summed E-state index contributed by atoms with van der Waals surface area (Å²) in [6.45, 7) is 8.58. The van der Waals surface area contributed by atoms with E-state index < -0.39 is 0 Å². The molecule has 1 aromatic heterocycles. The molecule has 0 saturated carbocycles. The van der Waals surface area contributed by atoms with E-state index in [-0.39, 0.29) is 0 Å². The van der Waals surface area contributed by atoms with Gasteiger partial charge in [-0.05, 0) is 18.9 Å². The van der Waals surface area contributed by atoms with E-state index in [0.29, 0.717) is 17.0 Å². The molecule has 15 heavy (non-hydrogen) atoms. The summed E-state index contributed by atoms with van der Waals surface area (Å²) in [5.74, 6) is 0.547. The third-order valence-corrected chi connectivity index (χ3v) is 2.65. The molecular formula is C11H20ClN3. The van der Waals surface area contributed by atoms with Gasteiger partial charge in [0.05, 0.1) is 17.3 Å². The third-order valence-electron chi connectivity index (χ3n) is 2.46. The molecule has 0 aliphatic heterocycles. The highest BCUT2D eigenvalue weighted by Crippen LogP contribution is 2.18. The second-order valence-corrected chi connectivity index (χ2v) is 4.59. The molecule has 1 aromatic rings. The van der Waals surface area contributed by atoms with Crippen molar-refractivity contribution in [3.8, 4) is 0 Å². The maximum atomic E-state index is 5.87. The first-order chi connectivity index (χ1) is 7.15. The van der Waals surface area contributed by atoms with Crippen LogP contribution in [0.15, 0.2) is 12.4 Å².